The number of nitrogens with zero attached hydrogens (tertiary/aromatic N) is 2. The second-order valence-electron chi connectivity index (χ2n) is 8.01. The first kappa shape index (κ1) is 22.3. The van der Waals surface area contributed by atoms with E-state index in [1.54, 1.807) is 30.3 Å². The van der Waals surface area contributed by atoms with Gasteiger partial charge in [0.25, 0.3) is 0 Å². The zero-order valence-electron chi connectivity index (χ0n) is 18.4. The molecule has 3 aromatic rings. The van der Waals surface area contributed by atoms with E-state index in [-0.39, 0.29) is 5.57 Å². The molecule has 1 fully saturated rings. The van der Waals surface area contributed by atoms with E-state index >= 15 is 0 Å². The van der Waals surface area contributed by atoms with Crippen molar-refractivity contribution in [3.05, 3.63) is 102 Å². The lowest BCUT2D eigenvalue weighted by Gasteiger charge is -2.36. The molecule has 1 heterocycles. The monoisotopic (exact) mass is 441 g/mol. The molecule has 4 rings (SSSR count). The van der Waals surface area contributed by atoms with Crippen LogP contribution in [0.1, 0.15) is 11.1 Å². The molecule has 3 aromatic carbocycles. The van der Waals surface area contributed by atoms with Crippen LogP contribution in [-0.4, -0.2) is 48.1 Å². The van der Waals surface area contributed by atoms with Gasteiger partial charge in [-0.05, 0) is 35.4 Å². The third kappa shape index (κ3) is 6.08. The number of benzene rings is 3. The maximum absolute atomic E-state index is 12.4. The fourth-order valence-corrected chi connectivity index (χ4v) is 3.96. The van der Waals surface area contributed by atoms with Gasteiger partial charge in [-0.2, -0.15) is 0 Å². The number of rotatable bonds is 7. The molecule has 168 valence electrons. The van der Waals surface area contributed by atoms with E-state index in [4.69, 9.17) is 0 Å². The van der Waals surface area contributed by atoms with E-state index in [1.165, 1.54) is 5.56 Å². The van der Waals surface area contributed by atoms with Crippen LogP contribution < -0.4 is 10.2 Å². The standard InChI is InChI=1S/C27H27N3O3/c31-26(19-25(27(32)33)22-9-5-2-6-10-22)28-23-11-13-24(14-12-23)30-17-15-29(16-18-30)20-21-7-3-1-4-8-21/h1-14,19H,15-18,20H2,(H,28,31)(H,32,33)/b25-19-. The molecule has 0 bridgehead atoms. The molecule has 0 spiro atoms. The third-order valence-electron chi connectivity index (χ3n) is 5.71. The molecule has 33 heavy (non-hydrogen) atoms. The second kappa shape index (κ2) is 10.6. The molecule has 0 saturated carbocycles. The Morgan fingerprint density at radius 3 is 2.03 bits per heavy atom. The number of carboxylic acid groups (broad SMARTS) is 1. The van der Waals surface area contributed by atoms with Gasteiger partial charge in [0.1, 0.15) is 0 Å². The van der Waals surface area contributed by atoms with Crippen LogP contribution in [0.2, 0.25) is 0 Å². The summed E-state index contributed by atoms with van der Waals surface area (Å²) in [6.07, 6.45) is 1.12. The van der Waals surface area contributed by atoms with E-state index in [0.29, 0.717) is 11.3 Å². The molecular weight excluding hydrogens is 414 g/mol. The average molecular weight is 442 g/mol. The average Bonchev–Trinajstić information content (AvgIpc) is 2.85. The summed E-state index contributed by atoms with van der Waals surface area (Å²) in [5, 5.41) is 12.2. The second-order valence-corrected chi connectivity index (χ2v) is 8.01. The van der Waals surface area contributed by atoms with Crippen LogP contribution in [-0.2, 0) is 16.1 Å². The lowest BCUT2D eigenvalue weighted by atomic mass is 10.1. The summed E-state index contributed by atoms with van der Waals surface area (Å²) in [5.74, 6) is -1.61. The van der Waals surface area contributed by atoms with Crippen molar-refractivity contribution in [1.82, 2.24) is 4.90 Å². The van der Waals surface area contributed by atoms with Crippen molar-refractivity contribution >= 4 is 28.8 Å². The highest BCUT2D eigenvalue weighted by Gasteiger charge is 2.17. The van der Waals surface area contributed by atoms with Gasteiger partial charge >= 0.3 is 5.97 Å². The zero-order valence-corrected chi connectivity index (χ0v) is 18.4. The first-order valence-corrected chi connectivity index (χ1v) is 11.0. The Bertz CT molecular complexity index is 1100. The van der Waals surface area contributed by atoms with Gasteiger partial charge in [0.2, 0.25) is 5.91 Å². The van der Waals surface area contributed by atoms with Crippen LogP contribution in [0.3, 0.4) is 0 Å². The van der Waals surface area contributed by atoms with Gasteiger partial charge in [0.15, 0.2) is 0 Å². The molecule has 0 atom stereocenters. The number of hydrogen-bond donors (Lipinski definition) is 2. The van der Waals surface area contributed by atoms with Crippen LogP contribution in [0, 0.1) is 0 Å². The first-order chi connectivity index (χ1) is 16.1. The number of carboxylic acids is 1. The number of carbonyl (C=O) groups is 2. The van der Waals surface area contributed by atoms with Crippen molar-refractivity contribution in [3.8, 4) is 0 Å². The van der Waals surface area contributed by atoms with E-state index in [0.717, 1.165) is 44.5 Å². The summed E-state index contributed by atoms with van der Waals surface area (Å²) in [5.41, 5.74) is 3.51. The third-order valence-corrected chi connectivity index (χ3v) is 5.71. The number of anilines is 2. The molecule has 0 aromatic heterocycles. The zero-order chi connectivity index (χ0) is 23.0. The van der Waals surface area contributed by atoms with Crippen molar-refractivity contribution in [1.29, 1.82) is 0 Å². The molecule has 1 aliphatic heterocycles. The van der Waals surface area contributed by atoms with Crippen LogP contribution in [0.25, 0.3) is 5.57 Å². The Morgan fingerprint density at radius 1 is 0.818 bits per heavy atom. The predicted octanol–water partition coefficient (Wildman–Crippen LogP) is 4.12. The van der Waals surface area contributed by atoms with Gasteiger partial charge in [0, 0.05) is 50.2 Å². The number of aliphatic carboxylic acids is 1. The Hall–Kier alpha value is -3.90. The van der Waals surface area contributed by atoms with E-state index in [9.17, 15) is 14.7 Å². The predicted molar refractivity (Wildman–Crippen MR) is 131 cm³/mol. The first-order valence-electron chi connectivity index (χ1n) is 11.0. The smallest absolute Gasteiger partial charge is 0.336 e. The van der Waals surface area contributed by atoms with Gasteiger partial charge < -0.3 is 15.3 Å². The fourth-order valence-electron chi connectivity index (χ4n) is 3.96. The summed E-state index contributed by atoms with van der Waals surface area (Å²) >= 11 is 0. The summed E-state index contributed by atoms with van der Waals surface area (Å²) in [6.45, 7) is 4.85. The molecule has 0 radical (unpaired) electrons. The number of amides is 1. The minimum absolute atomic E-state index is 0.0434. The quantitative estimate of drug-likeness (QED) is 0.540. The largest absolute Gasteiger partial charge is 0.478 e. The highest BCUT2D eigenvalue weighted by molar-refractivity contribution is 6.21. The fraction of sp³-hybridized carbons (Fsp3) is 0.185. The molecule has 1 amide bonds. The lowest BCUT2D eigenvalue weighted by molar-refractivity contribution is -0.130. The Kier molecular flexibility index (Phi) is 7.17. The Balaban J connectivity index is 1.33. The number of carbonyl (C=O) groups excluding carboxylic acids is 1. The highest BCUT2D eigenvalue weighted by atomic mass is 16.4. The normalized spacial score (nSPS) is 14.7. The van der Waals surface area contributed by atoms with Crippen molar-refractivity contribution < 1.29 is 14.7 Å². The molecule has 1 aliphatic rings. The van der Waals surface area contributed by atoms with Crippen molar-refractivity contribution in [2.45, 2.75) is 6.54 Å². The van der Waals surface area contributed by atoms with Crippen LogP contribution in [0.5, 0.6) is 0 Å². The van der Waals surface area contributed by atoms with Gasteiger partial charge in [-0.3, -0.25) is 9.69 Å². The molecular formula is C27H27N3O3. The summed E-state index contributed by atoms with van der Waals surface area (Å²) in [6, 6.07) is 26.8. The number of piperazine rings is 1. The molecule has 0 aliphatic carbocycles. The Morgan fingerprint density at radius 2 is 1.42 bits per heavy atom. The molecule has 6 heteroatoms. The highest BCUT2D eigenvalue weighted by Crippen LogP contribution is 2.21. The van der Waals surface area contributed by atoms with Crippen molar-refractivity contribution in [2.75, 3.05) is 36.4 Å². The van der Waals surface area contributed by atoms with Gasteiger partial charge in [-0.15, -0.1) is 0 Å². The molecule has 2 N–H and O–H groups in total. The number of nitrogens with one attached hydrogen (secondary N) is 1. The van der Waals surface area contributed by atoms with E-state index in [2.05, 4.69) is 39.4 Å². The Labute approximate surface area is 193 Å². The minimum atomic E-state index is -1.14. The maximum atomic E-state index is 12.4. The molecule has 1 saturated heterocycles. The maximum Gasteiger partial charge on any atom is 0.336 e. The van der Waals surface area contributed by atoms with Crippen LogP contribution >= 0.6 is 0 Å². The van der Waals surface area contributed by atoms with Gasteiger partial charge in [0.05, 0.1) is 5.57 Å². The van der Waals surface area contributed by atoms with Crippen molar-refractivity contribution in [3.63, 3.8) is 0 Å². The summed E-state index contributed by atoms with van der Waals surface area (Å²) in [4.78, 5) is 28.8. The van der Waals surface area contributed by atoms with E-state index < -0.39 is 11.9 Å². The molecule has 0 unspecified atom stereocenters. The van der Waals surface area contributed by atoms with Crippen LogP contribution in [0.15, 0.2) is 91.0 Å². The van der Waals surface area contributed by atoms with Gasteiger partial charge in [-0.25, -0.2) is 4.79 Å². The van der Waals surface area contributed by atoms with Gasteiger partial charge in [-0.1, -0.05) is 60.7 Å². The van der Waals surface area contributed by atoms with Crippen LogP contribution in [0.4, 0.5) is 11.4 Å². The lowest BCUT2D eigenvalue weighted by Crippen LogP contribution is -2.45. The van der Waals surface area contributed by atoms with E-state index in [1.807, 2.05) is 30.3 Å². The number of hydrogen-bond acceptors (Lipinski definition) is 4. The topological polar surface area (TPSA) is 72.9 Å². The summed E-state index contributed by atoms with van der Waals surface area (Å²) < 4.78 is 0. The molecule has 6 nitrogen and oxygen atoms in total. The summed E-state index contributed by atoms with van der Waals surface area (Å²) in [7, 11) is 0. The van der Waals surface area contributed by atoms with Crippen molar-refractivity contribution in [2.24, 2.45) is 0 Å². The SMILES string of the molecule is O=C(/C=C(\C(=O)O)c1ccccc1)Nc1ccc(N2CCN(Cc3ccccc3)CC2)cc1. The minimum Gasteiger partial charge on any atom is -0.478 e.